The van der Waals surface area contributed by atoms with Gasteiger partial charge in [-0.1, -0.05) is 18.2 Å². The number of rotatable bonds is 7. The van der Waals surface area contributed by atoms with Crippen LogP contribution in [-0.4, -0.2) is 18.1 Å². The second-order valence-corrected chi connectivity index (χ2v) is 6.99. The van der Waals surface area contributed by atoms with E-state index in [2.05, 4.69) is 4.98 Å². The quantitative estimate of drug-likeness (QED) is 0.446. The van der Waals surface area contributed by atoms with E-state index in [-0.39, 0.29) is 19.0 Å². The molecule has 7 heteroatoms. The van der Waals surface area contributed by atoms with Gasteiger partial charge in [0.15, 0.2) is 5.82 Å². The molecule has 2 heterocycles. The predicted octanol–water partition coefficient (Wildman–Crippen LogP) is 4.39. The molecule has 0 unspecified atom stereocenters. The van der Waals surface area contributed by atoms with E-state index >= 15 is 0 Å². The van der Waals surface area contributed by atoms with Gasteiger partial charge in [-0.05, 0) is 41.5 Å². The highest BCUT2D eigenvalue weighted by Gasteiger charge is 2.15. The van der Waals surface area contributed by atoms with Crippen LogP contribution in [0.1, 0.15) is 16.8 Å². The first-order valence-electron chi connectivity index (χ1n) is 9.71. The number of aromatic nitrogens is 1. The Morgan fingerprint density at radius 3 is 2.84 bits per heavy atom. The summed E-state index contributed by atoms with van der Waals surface area (Å²) in [5, 5.41) is 0.366. The molecule has 4 aromatic rings. The Labute approximate surface area is 178 Å². The van der Waals surface area contributed by atoms with E-state index in [0.717, 1.165) is 28.6 Å². The fourth-order valence-electron chi connectivity index (χ4n) is 3.40. The van der Waals surface area contributed by atoms with Crippen molar-refractivity contribution < 1.29 is 23.1 Å². The maximum absolute atomic E-state index is 14.4. The number of ether oxygens (including phenoxy) is 2. The molecule has 4 rings (SSSR count). The summed E-state index contributed by atoms with van der Waals surface area (Å²) in [4.78, 5) is 15.9. The van der Waals surface area contributed by atoms with Crippen LogP contribution in [-0.2, 0) is 29.1 Å². The zero-order chi connectivity index (χ0) is 21.8. The van der Waals surface area contributed by atoms with Crippen LogP contribution in [0.4, 0.5) is 4.39 Å². The largest absolute Gasteiger partial charge is 0.489 e. The molecule has 0 aliphatic carbocycles. The summed E-state index contributed by atoms with van der Waals surface area (Å²) < 4.78 is 30.6. The Kier molecular flexibility index (Phi) is 5.95. The molecule has 0 aliphatic rings. The predicted molar refractivity (Wildman–Crippen MR) is 114 cm³/mol. The van der Waals surface area contributed by atoms with Gasteiger partial charge in [0.2, 0.25) is 0 Å². The molecule has 0 amide bonds. The molecule has 0 spiro atoms. The number of halogens is 1. The summed E-state index contributed by atoms with van der Waals surface area (Å²) in [6.45, 7) is 0.476. The molecule has 0 bridgehead atoms. The van der Waals surface area contributed by atoms with Crippen LogP contribution in [0.15, 0.2) is 65.4 Å². The SMILES string of the molecule is COC(=O)Cc1ccccc1OCc1cc(-c2ccnc(CN)c2)c2occ(F)c2c1. The minimum atomic E-state index is -0.447. The van der Waals surface area contributed by atoms with Crippen LogP contribution in [0.3, 0.4) is 0 Å². The first-order valence-corrected chi connectivity index (χ1v) is 9.71. The fourth-order valence-corrected chi connectivity index (χ4v) is 3.40. The van der Waals surface area contributed by atoms with Crippen molar-refractivity contribution in [1.82, 2.24) is 4.98 Å². The smallest absolute Gasteiger partial charge is 0.310 e. The number of nitrogens with zero attached hydrogens (tertiary/aromatic N) is 1. The second kappa shape index (κ2) is 8.97. The van der Waals surface area contributed by atoms with Crippen molar-refractivity contribution in [2.45, 2.75) is 19.6 Å². The van der Waals surface area contributed by atoms with Crippen LogP contribution in [0.2, 0.25) is 0 Å². The first-order chi connectivity index (χ1) is 15.1. The van der Waals surface area contributed by atoms with Crippen LogP contribution in [0.25, 0.3) is 22.1 Å². The van der Waals surface area contributed by atoms with Gasteiger partial charge in [0.05, 0.1) is 24.6 Å². The molecular formula is C24H21FN2O4. The standard InChI is InChI=1S/C24H21FN2O4/c1-29-23(28)11-17-4-2-3-5-22(17)30-13-15-8-19(16-6-7-27-18(10-16)12-26)24-20(9-15)21(25)14-31-24/h2-10,14H,11-13,26H2,1H3. The number of carbonyl (C=O) groups excluding carboxylic acids is 1. The Morgan fingerprint density at radius 2 is 2.03 bits per heavy atom. The average molecular weight is 420 g/mol. The second-order valence-electron chi connectivity index (χ2n) is 6.99. The Bertz CT molecular complexity index is 1240. The summed E-state index contributed by atoms with van der Waals surface area (Å²) in [5.41, 5.74) is 9.89. The van der Waals surface area contributed by atoms with Gasteiger partial charge in [0.1, 0.15) is 24.2 Å². The van der Waals surface area contributed by atoms with Crippen molar-refractivity contribution in [3.63, 3.8) is 0 Å². The van der Waals surface area contributed by atoms with Crippen LogP contribution < -0.4 is 10.5 Å². The van der Waals surface area contributed by atoms with Gasteiger partial charge < -0.3 is 19.6 Å². The number of fused-ring (bicyclic) bond motifs is 1. The molecule has 2 aromatic carbocycles. The number of esters is 1. The summed E-state index contributed by atoms with van der Waals surface area (Å²) in [7, 11) is 1.34. The van der Waals surface area contributed by atoms with E-state index in [4.69, 9.17) is 19.6 Å². The van der Waals surface area contributed by atoms with E-state index < -0.39 is 5.82 Å². The lowest BCUT2D eigenvalue weighted by Gasteiger charge is -2.12. The minimum Gasteiger partial charge on any atom is -0.489 e. The Balaban J connectivity index is 1.68. The number of benzene rings is 2. The zero-order valence-electron chi connectivity index (χ0n) is 16.9. The summed E-state index contributed by atoms with van der Waals surface area (Å²) >= 11 is 0. The Hall–Kier alpha value is -3.71. The molecule has 31 heavy (non-hydrogen) atoms. The number of furan rings is 1. The van der Waals surface area contributed by atoms with Crippen molar-refractivity contribution >= 4 is 16.9 Å². The third kappa shape index (κ3) is 4.41. The molecule has 2 aromatic heterocycles. The molecule has 0 saturated carbocycles. The molecule has 0 atom stereocenters. The lowest BCUT2D eigenvalue weighted by atomic mass is 10.0. The Morgan fingerprint density at radius 1 is 1.19 bits per heavy atom. The number of para-hydroxylation sites is 1. The highest BCUT2D eigenvalue weighted by molar-refractivity contribution is 5.93. The number of hydrogen-bond acceptors (Lipinski definition) is 6. The molecule has 6 nitrogen and oxygen atoms in total. The lowest BCUT2D eigenvalue weighted by Crippen LogP contribution is -2.07. The maximum Gasteiger partial charge on any atom is 0.310 e. The summed E-state index contributed by atoms with van der Waals surface area (Å²) in [5.74, 6) is -0.234. The molecule has 0 radical (unpaired) electrons. The third-order valence-corrected chi connectivity index (χ3v) is 4.95. The number of nitrogens with two attached hydrogens (primary N) is 1. The van der Waals surface area contributed by atoms with E-state index in [9.17, 15) is 9.18 Å². The topological polar surface area (TPSA) is 87.6 Å². The summed E-state index contributed by atoms with van der Waals surface area (Å²) in [6.07, 6.45) is 2.86. The maximum atomic E-state index is 14.4. The molecule has 0 saturated heterocycles. The van der Waals surface area contributed by atoms with Crippen molar-refractivity contribution in [1.29, 1.82) is 0 Å². The first kappa shape index (κ1) is 20.6. The molecule has 158 valence electrons. The van der Waals surface area contributed by atoms with Crippen molar-refractivity contribution in [3.8, 4) is 16.9 Å². The van der Waals surface area contributed by atoms with Gasteiger partial charge in [0.25, 0.3) is 0 Å². The number of pyridine rings is 1. The monoisotopic (exact) mass is 420 g/mol. The van der Waals surface area contributed by atoms with E-state index in [0.29, 0.717) is 28.8 Å². The molecule has 2 N–H and O–H groups in total. The summed E-state index contributed by atoms with van der Waals surface area (Å²) in [6, 6.07) is 14.5. The number of methoxy groups -OCH3 is 1. The van der Waals surface area contributed by atoms with E-state index in [1.54, 1.807) is 18.3 Å². The highest BCUT2D eigenvalue weighted by atomic mass is 19.1. The zero-order valence-corrected chi connectivity index (χ0v) is 16.9. The molecule has 0 fully saturated rings. The normalized spacial score (nSPS) is 10.9. The fraction of sp³-hybridized carbons (Fsp3) is 0.167. The minimum absolute atomic E-state index is 0.103. The average Bonchev–Trinajstić information content (AvgIpc) is 3.18. The lowest BCUT2D eigenvalue weighted by molar-refractivity contribution is -0.139. The highest BCUT2D eigenvalue weighted by Crippen LogP contribution is 2.33. The number of hydrogen-bond donors (Lipinski definition) is 1. The molecular weight excluding hydrogens is 399 g/mol. The van der Waals surface area contributed by atoms with Gasteiger partial charge in [0, 0.05) is 23.9 Å². The van der Waals surface area contributed by atoms with E-state index in [1.165, 1.54) is 7.11 Å². The van der Waals surface area contributed by atoms with Gasteiger partial charge in [-0.2, -0.15) is 0 Å². The van der Waals surface area contributed by atoms with Crippen LogP contribution >= 0.6 is 0 Å². The van der Waals surface area contributed by atoms with Gasteiger partial charge in [-0.25, -0.2) is 4.39 Å². The van der Waals surface area contributed by atoms with E-state index in [1.807, 2.05) is 36.4 Å². The van der Waals surface area contributed by atoms with Gasteiger partial charge in [-0.15, -0.1) is 0 Å². The van der Waals surface area contributed by atoms with Gasteiger partial charge >= 0.3 is 5.97 Å². The van der Waals surface area contributed by atoms with Gasteiger partial charge in [-0.3, -0.25) is 9.78 Å². The third-order valence-electron chi connectivity index (χ3n) is 4.95. The molecule has 0 aliphatic heterocycles. The van der Waals surface area contributed by atoms with Crippen molar-refractivity contribution in [2.75, 3.05) is 7.11 Å². The van der Waals surface area contributed by atoms with Crippen LogP contribution in [0.5, 0.6) is 5.75 Å². The van der Waals surface area contributed by atoms with Crippen molar-refractivity contribution in [2.24, 2.45) is 5.73 Å². The number of carbonyl (C=O) groups is 1. The van der Waals surface area contributed by atoms with Crippen LogP contribution in [0, 0.1) is 5.82 Å². The van der Waals surface area contributed by atoms with Crippen molar-refractivity contribution in [3.05, 3.63) is 83.6 Å².